The summed E-state index contributed by atoms with van der Waals surface area (Å²) in [5.74, 6) is -0.530. The van der Waals surface area contributed by atoms with E-state index in [4.69, 9.17) is 11.5 Å². The number of hydrogen-bond donors (Lipinski definition) is 2. The second kappa shape index (κ2) is 5.27. The van der Waals surface area contributed by atoms with E-state index in [1.165, 1.54) is 12.1 Å². The van der Waals surface area contributed by atoms with Crippen molar-refractivity contribution >= 4 is 5.91 Å². The van der Waals surface area contributed by atoms with Gasteiger partial charge < -0.3 is 11.5 Å². The van der Waals surface area contributed by atoms with Crippen LogP contribution in [0.2, 0.25) is 0 Å². The van der Waals surface area contributed by atoms with E-state index in [1.807, 2.05) is 6.92 Å². The van der Waals surface area contributed by atoms with Crippen LogP contribution in [0.1, 0.15) is 24.5 Å². The molecule has 2 rings (SSSR count). The minimum atomic E-state index is -0.476. The highest BCUT2D eigenvalue weighted by atomic mass is 19.1. The van der Waals surface area contributed by atoms with Crippen molar-refractivity contribution in [2.24, 2.45) is 16.9 Å². The molecule has 1 atom stereocenters. The number of hydrogen-bond acceptors (Lipinski definition) is 3. The van der Waals surface area contributed by atoms with Gasteiger partial charge in [-0.25, -0.2) is 4.39 Å². The minimum Gasteiger partial charge on any atom is -0.369 e. The molecule has 1 fully saturated rings. The molecule has 0 aliphatic carbocycles. The molecule has 0 bridgehead atoms. The van der Waals surface area contributed by atoms with Gasteiger partial charge in [0.05, 0.1) is 5.41 Å². The maximum absolute atomic E-state index is 13.3. The Labute approximate surface area is 112 Å². The second-order valence-corrected chi connectivity index (χ2v) is 5.50. The highest BCUT2D eigenvalue weighted by Gasteiger charge is 2.38. The monoisotopic (exact) mass is 265 g/mol. The van der Waals surface area contributed by atoms with E-state index in [9.17, 15) is 9.18 Å². The third-order valence-electron chi connectivity index (χ3n) is 3.93. The van der Waals surface area contributed by atoms with Gasteiger partial charge in [-0.15, -0.1) is 0 Å². The average Bonchev–Trinajstić information content (AvgIpc) is 2.73. The van der Waals surface area contributed by atoms with Crippen molar-refractivity contribution in [1.29, 1.82) is 0 Å². The molecule has 104 valence electrons. The van der Waals surface area contributed by atoms with Crippen LogP contribution in [0.15, 0.2) is 18.2 Å². The molecule has 5 heteroatoms. The van der Waals surface area contributed by atoms with E-state index in [-0.39, 0.29) is 11.7 Å². The number of halogens is 1. The van der Waals surface area contributed by atoms with Crippen LogP contribution >= 0.6 is 0 Å². The highest BCUT2D eigenvalue weighted by molar-refractivity contribution is 5.81. The fraction of sp³-hybridized carbons (Fsp3) is 0.500. The maximum Gasteiger partial charge on any atom is 0.224 e. The lowest BCUT2D eigenvalue weighted by molar-refractivity contribution is -0.126. The molecule has 1 heterocycles. The summed E-state index contributed by atoms with van der Waals surface area (Å²) in [5.41, 5.74) is 12.4. The Kier molecular flexibility index (Phi) is 3.87. The topological polar surface area (TPSA) is 72.4 Å². The van der Waals surface area contributed by atoms with Crippen LogP contribution in [-0.4, -0.2) is 23.9 Å². The molecule has 1 aliphatic rings. The van der Waals surface area contributed by atoms with Crippen LogP contribution < -0.4 is 11.5 Å². The number of likely N-dealkylation sites (tertiary alicyclic amines) is 1. The van der Waals surface area contributed by atoms with Gasteiger partial charge in [-0.05, 0) is 43.1 Å². The van der Waals surface area contributed by atoms with Crippen molar-refractivity contribution in [2.45, 2.75) is 26.4 Å². The zero-order chi connectivity index (χ0) is 14.0. The molecule has 1 aromatic carbocycles. The summed E-state index contributed by atoms with van der Waals surface area (Å²) in [4.78, 5) is 13.5. The first-order valence-corrected chi connectivity index (χ1v) is 6.44. The molecule has 1 amide bonds. The van der Waals surface area contributed by atoms with E-state index >= 15 is 0 Å². The molecule has 0 spiro atoms. The Bertz CT molecular complexity index is 492. The molecule has 0 aromatic heterocycles. The summed E-state index contributed by atoms with van der Waals surface area (Å²) in [5, 5.41) is 0. The number of amides is 1. The van der Waals surface area contributed by atoms with Crippen LogP contribution in [0.4, 0.5) is 4.39 Å². The van der Waals surface area contributed by atoms with Gasteiger partial charge in [0.25, 0.3) is 0 Å². The van der Waals surface area contributed by atoms with E-state index in [2.05, 4.69) is 4.90 Å². The Hall–Kier alpha value is -1.46. The van der Waals surface area contributed by atoms with Gasteiger partial charge in [0.2, 0.25) is 5.91 Å². The van der Waals surface area contributed by atoms with Crippen LogP contribution in [0, 0.1) is 11.2 Å². The Morgan fingerprint density at radius 3 is 2.79 bits per heavy atom. The zero-order valence-corrected chi connectivity index (χ0v) is 11.2. The predicted octanol–water partition coefficient (Wildman–Crippen LogP) is 0.982. The number of nitrogens with zero attached hydrogens (tertiary/aromatic N) is 1. The fourth-order valence-corrected chi connectivity index (χ4v) is 2.57. The largest absolute Gasteiger partial charge is 0.369 e. The quantitative estimate of drug-likeness (QED) is 0.852. The number of benzene rings is 1. The summed E-state index contributed by atoms with van der Waals surface area (Å²) < 4.78 is 13.3. The SMILES string of the molecule is CC1(C(N)=O)CCN(Cc2cc(F)ccc2CN)C1. The third kappa shape index (κ3) is 2.93. The van der Waals surface area contributed by atoms with Gasteiger partial charge in [-0.3, -0.25) is 9.69 Å². The lowest BCUT2D eigenvalue weighted by Gasteiger charge is -2.21. The summed E-state index contributed by atoms with van der Waals surface area (Å²) in [6.45, 7) is 4.28. The standard InChI is InChI=1S/C14H20FN3O/c1-14(13(17)19)4-5-18(9-14)8-11-6-12(15)3-2-10(11)7-16/h2-3,6H,4-5,7-9,16H2,1H3,(H2,17,19). The van der Waals surface area contributed by atoms with Crippen molar-refractivity contribution in [1.82, 2.24) is 4.90 Å². The smallest absolute Gasteiger partial charge is 0.224 e. The number of rotatable bonds is 4. The first-order chi connectivity index (χ1) is 8.94. The number of carbonyl (C=O) groups excluding carboxylic acids is 1. The van der Waals surface area contributed by atoms with E-state index in [0.717, 1.165) is 24.1 Å². The summed E-state index contributed by atoms with van der Waals surface area (Å²) >= 11 is 0. The van der Waals surface area contributed by atoms with Crippen molar-refractivity contribution in [3.63, 3.8) is 0 Å². The molecule has 1 saturated heterocycles. The van der Waals surface area contributed by atoms with Crippen LogP contribution in [0.3, 0.4) is 0 Å². The van der Waals surface area contributed by atoms with E-state index in [1.54, 1.807) is 6.07 Å². The average molecular weight is 265 g/mol. The van der Waals surface area contributed by atoms with Gasteiger partial charge in [0.1, 0.15) is 5.82 Å². The summed E-state index contributed by atoms with van der Waals surface area (Å²) in [6.07, 6.45) is 0.746. The van der Waals surface area contributed by atoms with Gasteiger partial charge in [-0.2, -0.15) is 0 Å². The highest BCUT2D eigenvalue weighted by Crippen LogP contribution is 2.30. The molecular formula is C14H20FN3O. The van der Waals surface area contributed by atoms with E-state index < -0.39 is 5.41 Å². The predicted molar refractivity (Wildman–Crippen MR) is 71.5 cm³/mol. The molecule has 4 nitrogen and oxygen atoms in total. The molecular weight excluding hydrogens is 245 g/mol. The number of primary amides is 1. The normalized spacial score (nSPS) is 23.7. The van der Waals surface area contributed by atoms with Crippen LogP contribution in [0.5, 0.6) is 0 Å². The maximum atomic E-state index is 13.3. The first kappa shape index (κ1) is 14.0. The number of carbonyl (C=O) groups is 1. The van der Waals surface area contributed by atoms with Crippen molar-refractivity contribution in [3.05, 3.63) is 35.1 Å². The Morgan fingerprint density at radius 2 is 2.21 bits per heavy atom. The molecule has 19 heavy (non-hydrogen) atoms. The molecule has 4 N–H and O–H groups in total. The minimum absolute atomic E-state index is 0.260. The molecule has 1 aromatic rings. The third-order valence-corrected chi connectivity index (χ3v) is 3.93. The van der Waals surface area contributed by atoms with Crippen molar-refractivity contribution in [2.75, 3.05) is 13.1 Å². The Balaban J connectivity index is 2.11. The van der Waals surface area contributed by atoms with Gasteiger partial charge in [0, 0.05) is 19.6 Å². The van der Waals surface area contributed by atoms with Gasteiger partial charge in [0.15, 0.2) is 0 Å². The van der Waals surface area contributed by atoms with Crippen LogP contribution in [-0.2, 0) is 17.9 Å². The van der Waals surface area contributed by atoms with Gasteiger partial charge >= 0.3 is 0 Å². The Morgan fingerprint density at radius 1 is 1.47 bits per heavy atom. The summed E-state index contributed by atoms with van der Waals surface area (Å²) in [6, 6.07) is 4.65. The molecule has 1 unspecified atom stereocenters. The first-order valence-electron chi connectivity index (χ1n) is 6.44. The van der Waals surface area contributed by atoms with E-state index in [0.29, 0.717) is 19.6 Å². The molecule has 0 radical (unpaired) electrons. The molecule has 0 saturated carbocycles. The lowest BCUT2D eigenvalue weighted by atomic mass is 9.89. The van der Waals surface area contributed by atoms with Crippen molar-refractivity contribution < 1.29 is 9.18 Å². The van der Waals surface area contributed by atoms with Crippen LogP contribution in [0.25, 0.3) is 0 Å². The lowest BCUT2D eigenvalue weighted by Crippen LogP contribution is -2.37. The second-order valence-electron chi connectivity index (χ2n) is 5.50. The fourth-order valence-electron chi connectivity index (χ4n) is 2.57. The van der Waals surface area contributed by atoms with Gasteiger partial charge in [-0.1, -0.05) is 6.07 Å². The summed E-state index contributed by atoms with van der Waals surface area (Å²) in [7, 11) is 0. The zero-order valence-electron chi connectivity index (χ0n) is 11.2. The number of nitrogens with two attached hydrogens (primary N) is 2. The van der Waals surface area contributed by atoms with Crippen molar-refractivity contribution in [3.8, 4) is 0 Å². The molecule has 1 aliphatic heterocycles.